The summed E-state index contributed by atoms with van der Waals surface area (Å²) in [6.45, 7) is 1.68. The van der Waals surface area contributed by atoms with Crippen molar-refractivity contribution in [3.63, 3.8) is 0 Å². The van der Waals surface area contributed by atoms with Gasteiger partial charge in [0.25, 0.3) is 0 Å². The molecule has 5 nitrogen and oxygen atoms in total. The normalized spacial score (nSPS) is 14.1. The van der Waals surface area contributed by atoms with Crippen LogP contribution in [0, 0.1) is 11.6 Å². The van der Waals surface area contributed by atoms with Crippen LogP contribution in [0.1, 0.15) is 6.42 Å². The summed E-state index contributed by atoms with van der Waals surface area (Å²) in [6, 6.07) is 4.08. The van der Waals surface area contributed by atoms with Crippen molar-refractivity contribution in [1.82, 2.24) is 15.3 Å². The SMILES string of the molecule is Fc1cccc(-c2nc(-c3csc(NC4=NCCCN4)n3)cs2)c1F. The van der Waals surface area contributed by atoms with Gasteiger partial charge in [-0.3, -0.25) is 4.99 Å². The second-order valence-electron chi connectivity index (χ2n) is 5.31. The Balaban J connectivity index is 1.56. The van der Waals surface area contributed by atoms with Crippen molar-refractivity contribution in [2.75, 3.05) is 18.4 Å². The highest BCUT2D eigenvalue weighted by Gasteiger charge is 2.15. The van der Waals surface area contributed by atoms with Crippen molar-refractivity contribution in [2.45, 2.75) is 6.42 Å². The lowest BCUT2D eigenvalue weighted by Crippen LogP contribution is -2.35. The molecular formula is C16H13F2N5S2. The van der Waals surface area contributed by atoms with E-state index in [0.717, 1.165) is 25.6 Å². The van der Waals surface area contributed by atoms with Gasteiger partial charge in [0.1, 0.15) is 16.4 Å². The Morgan fingerprint density at radius 2 is 1.92 bits per heavy atom. The topological polar surface area (TPSA) is 62.2 Å². The molecule has 0 aliphatic carbocycles. The average molecular weight is 377 g/mol. The zero-order valence-electron chi connectivity index (χ0n) is 12.9. The van der Waals surface area contributed by atoms with E-state index in [0.29, 0.717) is 27.5 Å². The van der Waals surface area contributed by atoms with Gasteiger partial charge < -0.3 is 10.6 Å². The fraction of sp³-hybridized carbons (Fsp3) is 0.188. The first-order chi connectivity index (χ1) is 12.2. The zero-order valence-corrected chi connectivity index (χ0v) is 14.6. The van der Waals surface area contributed by atoms with Crippen LogP contribution in [0.2, 0.25) is 0 Å². The van der Waals surface area contributed by atoms with Gasteiger partial charge in [-0.25, -0.2) is 18.7 Å². The minimum absolute atomic E-state index is 0.158. The van der Waals surface area contributed by atoms with E-state index in [2.05, 4.69) is 25.6 Å². The molecule has 0 fully saturated rings. The summed E-state index contributed by atoms with van der Waals surface area (Å²) in [5.41, 5.74) is 1.47. The highest BCUT2D eigenvalue weighted by Crippen LogP contribution is 2.32. The fourth-order valence-corrected chi connectivity index (χ4v) is 3.89. The van der Waals surface area contributed by atoms with Crippen LogP contribution in [0.3, 0.4) is 0 Å². The Kier molecular flexibility index (Phi) is 4.41. The highest BCUT2D eigenvalue weighted by molar-refractivity contribution is 7.14. The first-order valence-electron chi connectivity index (χ1n) is 7.62. The largest absolute Gasteiger partial charge is 0.356 e. The maximum Gasteiger partial charge on any atom is 0.197 e. The van der Waals surface area contributed by atoms with Crippen LogP contribution < -0.4 is 10.6 Å². The number of nitrogens with zero attached hydrogens (tertiary/aromatic N) is 3. The van der Waals surface area contributed by atoms with Crippen molar-refractivity contribution in [3.05, 3.63) is 40.6 Å². The molecule has 3 heterocycles. The summed E-state index contributed by atoms with van der Waals surface area (Å²) in [6.07, 6.45) is 1.02. The molecule has 0 saturated heterocycles. The molecule has 128 valence electrons. The van der Waals surface area contributed by atoms with E-state index in [9.17, 15) is 8.78 Å². The van der Waals surface area contributed by atoms with Crippen LogP contribution in [0.15, 0.2) is 34.0 Å². The first-order valence-corrected chi connectivity index (χ1v) is 9.38. The second-order valence-corrected chi connectivity index (χ2v) is 7.03. The summed E-state index contributed by atoms with van der Waals surface area (Å²) >= 11 is 2.69. The molecule has 0 spiro atoms. The number of benzene rings is 1. The van der Waals surface area contributed by atoms with Gasteiger partial charge in [-0.2, -0.15) is 0 Å². The van der Waals surface area contributed by atoms with Crippen LogP contribution in [0.25, 0.3) is 22.0 Å². The van der Waals surface area contributed by atoms with E-state index in [4.69, 9.17) is 0 Å². The number of halogens is 2. The van der Waals surface area contributed by atoms with E-state index >= 15 is 0 Å². The van der Waals surface area contributed by atoms with Gasteiger partial charge >= 0.3 is 0 Å². The summed E-state index contributed by atoms with van der Waals surface area (Å²) in [5, 5.41) is 11.1. The van der Waals surface area contributed by atoms with Crippen LogP contribution in [-0.4, -0.2) is 29.0 Å². The first kappa shape index (κ1) is 16.1. The minimum Gasteiger partial charge on any atom is -0.356 e. The molecule has 3 aromatic rings. The number of aliphatic imine (C=N–C) groups is 1. The van der Waals surface area contributed by atoms with Gasteiger partial charge in [0.05, 0.1) is 0 Å². The zero-order chi connectivity index (χ0) is 17.2. The standard InChI is InChI=1S/C16H13F2N5S2/c17-10-4-1-3-9(13(10)18)14-21-11(7-24-14)12-8-25-16(22-12)23-15-19-5-2-6-20-15/h1,3-4,7-8H,2,5-6H2,(H2,19,20,22,23). The number of nitrogens with one attached hydrogen (secondary N) is 2. The Morgan fingerprint density at radius 3 is 2.76 bits per heavy atom. The number of anilines is 1. The maximum absolute atomic E-state index is 13.9. The molecule has 0 amide bonds. The lowest BCUT2D eigenvalue weighted by molar-refractivity contribution is 0.511. The molecule has 25 heavy (non-hydrogen) atoms. The molecule has 2 N–H and O–H groups in total. The van der Waals surface area contributed by atoms with Crippen LogP contribution in [-0.2, 0) is 0 Å². The van der Waals surface area contributed by atoms with E-state index in [1.54, 1.807) is 5.38 Å². The van der Waals surface area contributed by atoms with Gasteiger partial charge in [-0.1, -0.05) is 6.07 Å². The lowest BCUT2D eigenvalue weighted by atomic mass is 10.2. The predicted octanol–water partition coefficient (Wildman–Crippen LogP) is 3.97. The van der Waals surface area contributed by atoms with E-state index < -0.39 is 11.6 Å². The summed E-state index contributed by atoms with van der Waals surface area (Å²) < 4.78 is 27.3. The molecule has 4 rings (SSSR count). The number of hydrogen-bond donors (Lipinski definition) is 2. The predicted molar refractivity (Wildman–Crippen MR) is 97.1 cm³/mol. The monoisotopic (exact) mass is 377 g/mol. The third-order valence-corrected chi connectivity index (χ3v) is 5.21. The van der Waals surface area contributed by atoms with Crippen molar-refractivity contribution in [1.29, 1.82) is 0 Å². The van der Waals surface area contributed by atoms with E-state index in [1.807, 2.05) is 5.38 Å². The molecule has 0 atom stereocenters. The van der Waals surface area contributed by atoms with E-state index in [1.165, 1.54) is 34.8 Å². The van der Waals surface area contributed by atoms with Crippen LogP contribution >= 0.6 is 22.7 Å². The van der Waals surface area contributed by atoms with Crippen molar-refractivity contribution in [2.24, 2.45) is 4.99 Å². The van der Waals surface area contributed by atoms with Crippen molar-refractivity contribution >= 4 is 33.8 Å². The second kappa shape index (κ2) is 6.85. The molecule has 9 heteroatoms. The average Bonchev–Trinajstić information content (AvgIpc) is 3.28. The highest BCUT2D eigenvalue weighted by atomic mass is 32.1. The summed E-state index contributed by atoms with van der Waals surface area (Å²) in [5.74, 6) is -1.05. The molecule has 1 aromatic carbocycles. The number of thiazole rings is 2. The number of hydrogen-bond acceptors (Lipinski definition) is 7. The Labute approximate surface area is 150 Å². The molecule has 0 saturated carbocycles. The summed E-state index contributed by atoms with van der Waals surface area (Å²) in [7, 11) is 0. The van der Waals surface area contributed by atoms with E-state index in [-0.39, 0.29) is 5.56 Å². The molecule has 2 aromatic heterocycles. The van der Waals surface area contributed by atoms with Gasteiger partial charge in [-0.05, 0) is 18.6 Å². The fourth-order valence-electron chi connectivity index (χ4n) is 2.35. The number of aromatic nitrogens is 2. The molecule has 1 aliphatic heterocycles. The van der Waals surface area contributed by atoms with Gasteiger partial charge in [0, 0.05) is 29.4 Å². The van der Waals surface area contributed by atoms with Crippen LogP contribution in [0.4, 0.5) is 13.9 Å². The Bertz CT molecular complexity index is 934. The smallest absolute Gasteiger partial charge is 0.197 e. The summed E-state index contributed by atoms with van der Waals surface area (Å²) in [4.78, 5) is 13.2. The molecule has 0 radical (unpaired) electrons. The lowest BCUT2D eigenvalue weighted by Gasteiger charge is -2.13. The number of guanidine groups is 1. The van der Waals surface area contributed by atoms with Gasteiger partial charge in [0.2, 0.25) is 0 Å². The van der Waals surface area contributed by atoms with Crippen molar-refractivity contribution in [3.8, 4) is 22.0 Å². The molecule has 1 aliphatic rings. The molecule has 0 bridgehead atoms. The van der Waals surface area contributed by atoms with Gasteiger partial charge in [-0.15, -0.1) is 22.7 Å². The molecular weight excluding hydrogens is 364 g/mol. The Morgan fingerprint density at radius 1 is 1.08 bits per heavy atom. The quantitative estimate of drug-likeness (QED) is 0.725. The molecule has 0 unspecified atom stereocenters. The minimum atomic E-state index is -0.884. The van der Waals surface area contributed by atoms with Gasteiger partial charge in [0.15, 0.2) is 22.7 Å². The Hall–Kier alpha value is -2.39. The third-order valence-electron chi connectivity index (χ3n) is 3.58. The maximum atomic E-state index is 13.9. The van der Waals surface area contributed by atoms with Crippen LogP contribution in [0.5, 0.6) is 0 Å². The number of rotatable bonds is 3. The third kappa shape index (κ3) is 3.38. The van der Waals surface area contributed by atoms with Crippen molar-refractivity contribution < 1.29 is 8.78 Å².